The molecule has 4 heteroatoms. The highest BCUT2D eigenvalue weighted by Gasteiger charge is 2.53. The van der Waals surface area contributed by atoms with Crippen LogP contribution in [0, 0.1) is 23.2 Å². The molecule has 0 spiro atoms. The van der Waals surface area contributed by atoms with Gasteiger partial charge in [-0.2, -0.15) is 0 Å². The van der Waals surface area contributed by atoms with E-state index < -0.39 is 0 Å². The summed E-state index contributed by atoms with van der Waals surface area (Å²) in [5.41, 5.74) is 2.64. The Hall–Kier alpha value is -1.81. The van der Waals surface area contributed by atoms with Crippen molar-refractivity contribution in [2.24, 2.45) is 23.2 Å². The summed E-state index contributed by atoms with van der Waals surface area (Å²) < 4.78 is 12.1. The first-order chi connectivity index (χ1) is 14.0. The van der Waals surface area contributed by atoms with Gasteiger partial charge in [0.15, 0.2) is 0 Å². The van der Waals surface area contributed by atoms with E-state index in [1.165, 1.54) is 11.1 Å². The van der Waals surface area contributed by atoms with Crippen molar-refractivity contribution in [3.8, 4) is 0 Å². The van der Waals surface area contributed by atoms with E-state index in [1.807, 2.05) is 0 Å². The molecule has 29 heavy (non-hydrogen) atoms. The first kappa shape index (κ1) is 21.9. The Morgan fingerprint density at radius 3 is 2.76 bits per heavy atom. The summed E-state index contributed by atoms with van der Waals surface area (Å²) in [6.07, 6.45) is 6.39. The van der Waals surface area contributed by atoms with E-state index in [0.717, 1.165) is 25.7 Å². The number of unbranched alkanes of at least 4 members (excludes halogenated alkanes) is 1. The smallest absolute Gasteiger partial charge is 0.407 e. The molecule has 3 rings (SSSR count). The SMILES string of the molecule is CCCCNC(=O)OC[C@]12CO[C@H](CCc3ccccc3)[C@@H](C(C)=C[C@@H]1C)[C@H]2C. The molecule has 4 nitrogen and oxygen atoms in total. The summed E-state index contributed by atoms with van der Waals surface area (Å²) in [5, 5.41) is 2.86. The van der Waals surface area contributed by atoms with E-state index in [2.05, 4.69) is 69.4 Å². The minimum Gasteiger partial charge on any atom is -0.449 e. The van der Waals surface area contributed by atoms with E-state index in [9.17, 15) is 4.79 Å². The van der Waals surface area contributed by atoms with Crippen LogP contribution in [0.25, 0.3) is 0 Å². The lowest BCUT2D eigenvalue weighted by Gasteiger charge is -2.55. The molecule has 1 N–H and O–H groups in total. The number of carbonyl (C=O) groups is 1. The highest BCUT2D eigenvalue weighted by molar-refractivity contribution is 5.67. The van der Waals surface area contributed by atoms with E-state index in [0.29, 0.717) is 37.5 Å². The Morgan fingerprint density at radius 2 is 2.03 bits per heavy atom. The molecule has 2 aliphatic rings. The van der Waals surface area contributed by atoms with Crippen LogP contribution in [-0.4, -0.2) is 32.0 Å². The second kappa shape index (κ2) is 9.80. The van der Waals surface area contributed by atoms with Crippen LogP contribution in [0.3, 0.4) is 0 Å². The zero-order valence-corrected chi connectivity index (χ0v) is 18.4. The summed E-state index contributed by atoms with van der Waals surface area (Å²) in [6.45, 7) is 10.7. The van der Waals surface area contributed by atoms with E-state index >= 15 is 0 Å². The van der Waals surface area contributed by atoms with Crippen molar-refractivity contribution in [1.82, 2.24) is 5.32 Å². The van der Waals surface area contributed by atoms with Crippen LogP contribution in [0.15, 0.2) is 42.0 Å². The molecule has 1 heterocycles. The number of rotatable bonds is 8. The van der Waals surface area contributed by atoms with Gasteiger partial charge in [-0.1, -0.05) is 69.2 Å². The third-order valence-electron chi connectivity index (χ3n) is 7.19. The zero-order valence-electron chi connectivity index (χ0n) is 18.4. The standard InChI is InChI=1S/C25H37NO3/c1-5-6-14-26-24(27)29-17-25-16-28-22(13-12-21-10-8-7-9-11-21)23(20(25)4)18(2)15-19(25)3/h7-11,15,19-20,22-23H,5-6,12-14,16-17H2,1-4H3,(H,26,27)/t19-,20+,22+,23-,25+/m0/s1. The number of ether oxygens (including phenoxy) is 2. The molecule has 1 aromatic carbocycles. The first-order valence-corrected chi connectivity index (χ1v) is 11.2. The third-order valence-corrected chi connectivity index (χ3v) is 7.19. The van der Waals surface area contributed by atoms with Crippen LogP contribution < -0.4 is 5.32 Å². The Balaban J connectivity index is 1.65. The number of carbonyl (C=O) groups excluding carboxylic acids is 1. The highest BCUT2D eigenvalue weighted by Crippen LogP contribution is 2.53. The van der Waals surface area contributed by atoms with Crippen molar-refractivity contribution in [2.45, 2.75) is 59.5 Å². The molecular formula is C25H37NO3. The summed E-state index contributed by atoms with van der Waals surface area (Å²) >= 11 is 0. The summed E-state index contributed by atoms with van der Waals surface area (Å²) in [6, 6.07) is 10.6. The predicted molar refractivity (Wildman–Crippen MR) is 117 cm³/mol. The van der Waals surface area contributed by atoms with Crippen molar-refractivity contribution < 1.29 is 14.3 Å². The lowest BCUT2D eigenvalue weighted by atomic mass is 9.56. The molecule has 1 fully saturated rings. The Labute approximate surface area is 176 Å². The fourth-order valence-corrected chi connectivity index (χ4v) is 5.22. The van der Waals surface area contributed by atoms with Crippen molar-refractivity contribution in [2.75, 3.05) is 19.8 Å². The van der Waals surface area contributed by atoms with Crippen LogP contribution in [0.1, 0.15) is 52.5 Å². The van der Waals surface area contributed by atoms with Crippen molar-refractivity contribution >= 4 is 6.09 Å². The van der Waals surface area contributed by atoms with Gasteiger partial charge in [0.1, 0.15) is 6.61 Å². The lowest BCUT2D eigenvalue weighted by molar-refractivity contribution is -0.164. The Kier molecular flexibility index (Phi) is 7.39. The number of benzene rings is 1. The van der Waals surface area contributed by atoms with Crippen LogP contribution in [-0.2, 0) is 15.9 Å². The van der Waals surface area contributed by atoms with Crippen molar-refractivity contribution in [3.63, 3.8) is 0 Å². The quantitative estimate of drug-likeness (QED) is 0.472. The molecule has 1 amide bonds. The molecule has 0 radical (unpaired) electrons. The van der Waals surface area contributed by atoms with Crippen LogP contribution in [0.2, 0.25) is 0 Å². The topological polar surface area (TPSA) is 47.6 Å². The van der Waals surface area contributed by atoms with E-state index in [1.54, 1.807) is 0 Å². The van der Waals surface area contributed by atoms with Gasteiger partial charge in [0, 0.05) is 17.9 Å². The van der Waals surface area contributed by atoms with Crippen LogP contribution in [0.4, 0.5) is 4.79 Å². The van der Waals surface area contributed by atoms with Gasteiger partial charge >= 0.3 is 6.09 Å². The number of nitrogens with one attached hydrogen (secondary N) is 1. The molecule has 1 aromatic rings. The number of alkyl carbamates (subject to hydrolysis) is 1. The average Bonchev–Trinajstić information content (AvgIpc) is 2.71. The third kappa shape index (κ3) is 4.85. The van der Waals surface area contributed by atoms with Gasteiger partial charge in [0.25, 0.3) is 0 Å². The number of allylic oxidation sites excluding steroid dienone is 1. The number of aryl methyl sites for hydroxylation is 1. The molecule has 5 atom stereocenters. The molecular weight excluding hydrogens is 362 g/mol. The fraction of sp³-hybridized carbons (Fsp3) is 0.640. The maximum absolute atomic E-state index is 12.1. The van der Waals surface area contributed by atoms with Crippen molar-refractivity contribution in [1.29, 1.82) is 0 Å². The van der Waals surface area contributed by atoms with Crippen LogP contribution in [0.5, 0.6) is 0 Å². The molecule has 0 unspecified atom stereocenters. The summed E-state index contributed by atoms with van der Waals surface area (Å²) in [4.78, 5) is 12.1. The number of hydrogen-bond donors (Lipinski definition) is 1. The molecule has 2 bridgehead atoms. The summed E-state index contributed by atoms with van der Waals surface area (Å²) in [7, 11) is 0. The average molecular weight is 400 g/mol. The van der Waals surface area contributed by atoms with E-state index in [4.69, 9.17) is 9.47 Å². The molecule has 160 valence electrons. The first-order valence-electron chi connectivity index (χ1n) is 11.2. The summed E-state index contributed by atoms with van der Waals surface area (Å²) in [5.74, 6) is 1.13. The number of hydrogen-bond acceptors (Lipinski definition) is 3. The van der Waals surface area contributed by atoms with Gasteiger partial charge in [-0.25, -0.2) is 4.79 Å². The molecule has 1 aliphatic heterocycles. The number of amides is 1. The van der Waals surface area contributed by atoms with Crippen LogP contribution >= 0.6 is 0 Å². The minimum atomic E-state index is -0.304. The van der Waals surface area contributed by atoms with E-state index in [-0.39, 0.29) is 17.6 Å². The monoisotopic (exact) mass is 399 g/mol. The largest absolute Gasteiger partial charge is 0.449 e. The predicted octanol–water partition coefficient (Wildman–Crippen LogP) is 5.38. The maximum atomic E-state index is 12.1. The van der Waals surface area contributed by atoms with Gasteiger partial charge in [-0.15, -0.1) is 0 Å². The second-order valence-corrected chi connectivity index (χ2v) is 8.98. The molecule has 1 saturated heterocycles. The molecule has 0 saturated carbocycles. The van der Waals surface area contributed by atoms with Gasteiger partial charge in [0.05, 0.1) is 12.7 Å². The second-order valence-electron chi connectivity index (χ2n) is 8.98. The minimum absolute atomic E-state index is 0.143. The molecule has 1 aliphatic carbocycles. The maximum Gasteiger partial charge on any atom is 0.407 e. The lowest BCUT2D eigenvalue weighted by Crippen LogP contribution is -2.57. The normalized spacial score (nSPS) is 31.1. The van der Waals surface area contributed by atoms with Crippen molar-refractivity contribution in [3.05, 3.63) is 47.5 Å². The van der Waals surface area contributed by atoms with Gasteiger partial charge in [0.2, 0.25) is 0 Å². The highest BCUT2D eigenvalue weighted by atomic mass is 16.6. The van der Waals surface area contributed by atoms with Gasteiger partial charge in [-0.05, 0) is 43.6 Å². The number of fused-ring (bicyclic) bond motifs is 2. The fourth-order valence-electron chi connectivity index (χ4n) is 5.22. The Bertz CT molecular complexity index is 701. The molecule has 0 aromatic heterocycles. The van der Waals surface area contributed by atoms with Gasteiger partial charge < -0.3 is 14.8 Å². The Morgan fingerprint density at radius 1 is 1.28 bits per heavy atom. The zero-order chi connectivity index (χ0) is 20.9. The van der Waals surface area contributed by atoms with Gasteiger partial charge in [-0.3, -0.25) is 0 Å².